The molecule has 8 heavy (non-hydrogen) atoms. The van der Waals surface area contributed by atoms with Crippen LogP contribution in [-0.2, 0) is 0 Å². The molecule has 1 fully saturated rings. The summed E-state index contributed by atoms with van der Waals surface area (Å²) in [6.45, 7) is 10.6. The highest BCUT2D eigenvalue weighted by Gasteiger charge is 2.54. The zero-order chi connectivity index (χ0) is 6.41. The third-order valence-corrected chi connectivity index (χ3v) is 2.68. The lowest BCUT2D eigenvalue weighted by Gasteiger charge is -2.06. The molecule has 0 aromatic carbocycles. The molecule has 0 N–H and O–H groups in total. The Morgan fingerprint density at radius 1 is 1.38 bits per heavy atom. The van der Waals surface area contributed by atoms with E-state index in [0.717, 1.165) is 0 Å². The summed E-state index contributed by atoms with van der Waals surface area (Å²) in [5.74, 6) is 0. The van der Waals surface area contributed by atoms with Gasteiger partial charge in [0.05, 0.1) is 0 Å². The van der Waals surface area contributed by atoms with Crippen LogP contribution in [0.2, 0.25) is 0 Å². The second-order valence-corrected chi connectivity index (χ2v) is 3.68. The topological polar surface area (TPSA) is 0 Å². The van der Waals surface area contributed by atoms with Crippen molar-refractivity contribution in [1.29, 1.82) is 0 Å². The Labute approximate surface area is 51.6 Å². The predicted octanol–water partition coefficient (Wildman–Crippen LogP) is 2.61. The Morgan fingerprint density at radius 3 is 1.75 bits per heavy atom. The van der Waals surface area contributed by atoms with Gasteiger partial charge in [-0.1, -0.05) is 26.8 Å². The summed E-state index contributed by atoms with van der Waals surface area (Å²) in [5.41, 5.74) is 0.988. The molecule has 0 nitrogen and oxygen atoms in total. The Kier molecular flexibility index (Phi) is 0.863. The summed E-state index contributed by atoms with van der Waals surface area (Å²) in [7, 11) is 0. The average Bonchev–Trinajstić information content (AvgIpc) is 2.10. The van der Waals surface area contributed by atoms with Crippen LogP contribution in [0.1, 0.15) is 27.2 Å². The van der Waals surface area contributed by atoms with E-state index >= 15 is 0 Å². The van der Waals surface area contributed by atoms with Gasteiger partial charge in [-0.25, -0.2) is 0 Å². The van der Waals surface area contributed by atoms with Gasteiger partial charge >= 0.3 is 0 Å². The Balaban J connectivity index is 2.68. The van der Waals surface area contributed by atoms with E-state index in [-0.39, 0.29) is 0 Å². The number of rotatable bonds is 1. The van der Waals surface area contributed by atoms with Gasteiger partial charge in [0.1, 0.15) is 0 Å². The van der Waals surface area contributed by atoms with E-state index in [1.165, 1.54) is 6.42 Å². The zero-order valence-electron chi connectivity index (χ0n) is 5.99. The van der Waals surface area contributed by atoms with Crippen molar-refractivity contribution in [2.75, 3.05) is 0 Å². The highest BCUT2D eigenvalue weighted by Crippen LogP contribution is 2.63. The van der Waals surface area contributed by atoms with Crippen molar-refractivity contribution in [2.45, 2.75) is 27.2 Å². The summed E-state index contributed by atoms with van der Waals surface area (Å²) in [5, 5.41) is 0. The molecule has 1 unspecified atom stereocenters. The van der Waals surface area contributed by atoms with Crippen molar-refractivity contribution in [3.05, 3.63) is 12.7 Å². The molecule has 1 saturated carbocycles. The third-order valence-electron chi connectivity index (χ3n) is 2.68. The van der Waals surface area contributed by atoms with Gasteiger partial charge in [-0.05, 0) is 17.3 Å². The van der Waals surface area contributed by atoms with E-state index in [9.17, 15) is 0 Å². The molecule has 0 spiro atoms. The van der Waals surface area contributed by atoms with Crippen LogP contribution in [0.15, 0.2) is 12.7 Å². The summed E-state index contributed by atoms with van der Waals surface area (Å²) in [4.78, 5) is 0. The number of hydrogen-bond donors (Lipinski definition) is 0. The monoisotopic (exact) mass is 110 g/mol. The van der Waals surface area contributed by atoms with Gasteiger partial charge in [-0.15, -0.1) is 6.58 Å². The van der Waals surface area contributed by atoms with Crippen molar-refractivity contribution in [3.8, 4) is 0 Å². The molecular weight excluding hydrogens is 96.1 g/mol. The molecule has 0 aromatic rings. The fourth-order valence-electron chi connectivity index (χ4n) is 1.22. The van der Waals surface area contributed by atoms with E-state index in [0.29, 0.717) is 10.8 Å². The van der Waals surface area contributed by atoms with Gasteiger partial charge in [0.25, 0.3) is 0 Å². The summed E-state index contributed by atoms with van der Waals surface area (Å²) < 4.78 is 0. The van der Waals surface area contributed by atoms with E-state index in [2.05, 4.69) is 33.4 Å². The quantitative estimate of drug-likeness (QED) is 0.455. The first-order valence-electron chi connectivity index (χ1n) is 3.15. The molecule has 0 aliphatic heterocycles. The van der Waals surface area contributed by atoms with E-state index in [1.807, 2.05) is 0 Å². The fraction of sp³-hybridized carbons (Fsp3) is 0.750. The van der Waals surface area contributed by atoms with Crippen LogP contribution in [0.5, 0.6) is 0 Å². The van der Waals surface area contributed by atoms with Gasteiger partial charge < -0.3 is 0 Å². The van der Waals surface area contributed by atoms with Crippen molar-refractivity contribution >= 4 is 0 Å². The van der Waals surface area contributed by atoms with Gasteiger partial charge in [0.15, 0.2) is 0 Å². The maximum absolute atomic E-state index is 3.79. The molecule has 1 aliphatic rings. The fourth-order valence-corrected chi connectivity index (χ4v) is 1.22. The highest BCUT2D eigenvalue weighted by molar-refractivity contribution is 5.15. The molecular formula is C8H14. The third kappa shape index (κ3) is 0.521. The Morgan fingerprint density at radius 2 is 1.75 bits per heavy atom. The first kappa shape index (κ1) is 5.87. The summed E-state index contributed by atoms with van der Waals surface area (Å²) in [6, 6.07) is 0. The lowest BCUT2D eigenvalue weighted by Crippen LogP contribution is -1.97. The molecule has 0 bridgehead atoms. The minimum absolute atomic E-state index is 0.451. The zero-order valence-corrected chi connectivity index (χ0v) is 5.99. The lowest BCUT2D eigenvalue weighted by atomic mass is 9.99. The minimum Gasteiger partial charge on any atom is -0.103 e. The maximum Gasteiger partial charge on any atom is -0.00924 e. The van der Waals surface area contributed by atoms with Gasteiger partial charge in [-0.2, -0.15) is 0 Å². The van der Waals surface area contributed by atoms with Crippen LogP contribution >= 0.6 is 0 Å². The second-order valence-electron chi connectivity index (χ2n) is 3.68. The predicted molar refractivity (Wildman–Crippen MR) is 36.7 cm³/mol. The highest BCUT2D eigenvalue weighted by atomic mass is 14.6. The number of hydrogen-bond acceptors (Lipinski definition) is 0. The molecule has 0 saturated heterocycles. The standard InChI is InChI=1S/C8H14/c1-5-8(4)6-7(8,2)3/h5H,1,6H2,2-4H3. The maximum atomic E-state index is 3.79. The first-order chi connectivity index (χ1) is 3.52. The van der Waals surface area contributed by atoms with Crippen molar-refractivity contribution in [3.63, 3.8) is 0 Å². The molecule has 1 rings (SSSR count). The normalized spacial score (nSPS) is 41.4. The van der Waals surface area contributed by atoms with E-state index < -0.39 is 0 Å². The van der Waals surface area contributed by atoms with Crippen LogP contribution in [0.3, 0.4) is 0 Å². The van der Waals surface area contributed by atoms with Crippen LogP contribution in [-0.4, -0.2) is 0 Å². The smallest absolute Gasteiger partial charge is 0.00924 e. The summed E-state index contributed by atoms with van der Waals surface area (Å²) >= 11 is 0. The SMILES string of the molecule is C=CC1(C)CC1(C)C. The molecule has 0 heterocycles. The largest absolute Gasteiger partial charge is 0.103 e. The van der Waals surface area contributed by atoms with Crippen LogP contribution in [0, 0.1) is 10.8 Å². The van der Waals surface area contributed by atoms with Gasteiger partial charge in [0, 0.05) is 0 Å². The van der Waals surface area contributed by atoms with Crippen LogP contribution in [0.4, 0.5) is 0 Å². The molecule has 0 radical (unpaired) electrons. The molecule has 0 heteroatoms. The molecule has 46 valence electrons. The van der Waals surface area contributed by atoms with E-state index in [4.69, 9.17) is 0 Å². The molecule has 1 aliphatic carbocycles. The van der Waals surface area contributed by atoms with Gasteiger partial charge in [-0.3, -0.25) is 0 Å². The summed E-state index contributed by atoms with van der Waals surface area (Å²) in [6.07, 6.45) is 3.39. The number of allylic oxidation sites excluding steroid dienone is 1. The van der Waals surface area contributed by atoms with Crippen molar-refractivity contribution < 1.29 is 0 Å². The van der Waals surface area contributed by atoms with Crippen molar-refractivity contribution in [2.24, 2.45) is 10.8 Å². The molecule has 0 aromatic heterocycles. The average molecular weight is 110 g/mol. The minimum atomic E-state index is 0.451. The first-order valence-corrected chi connectivity index (χ1v) is 3.15. The Bertz CT molecular complexity index is 122. The Hall–Kier alpha value is -0.260. The molecule has 0 amide bonds. The molecule has 1 atom stereocenters. The van der Waals surface area contributed by atoms with Gasteiger partial charge in [0.2, 0.25) is 0 Å². The van der Waals surface area contributed by atoms with Crippen LogP contribution < -0.4 is 0 Å². The lowest BCUT2D eigenvalue weighted by molar-refractivity contribution is 0.503. The second kappa shape index (κ2) is 1.18. The van der Waals surface area contributed by atoms with E-state index in [1.54, 1.807) is 0 Å². The van der Waals surface area contributed by atoms with Crippen LogP contribution in [0.25, 0.3) is 0 Å². The van der Waals surface area contributed by atoms with Crippen molar-refractivity contribution in [1.82, 2.24) is 0 Å².